The fourth-order valence-electron chi connectivity index (χ4n) is 1.71. The third-order valence-electron chi connectivity index (χ3n) is 2.67. The zero-order valence-electron chi connectivity index (χ0n) is 9.85. The van der Waals surface area contributed by atoms with Gasteiger partial charge in [-0.2, -0.15) is 5.26 Å². The number of anilines is 1. The summed E-state index contributed by atoms with van der Waals surface area (Å²) < 4.78 is 24.5. The van der Waals surface area contributed by atoms with E-state index in [2.05, 4.69) is 10.3 Å². The summed E-state index contributed by atoms with van der Waals surface area (Å²) in [5.41, 5.74) is 1.31. The molecule has 0 aliphatic carbocycles. The molecule has 1 heterocycles. The van der Waals surface area contributed by atoms with E-state index in [9.17, 15) is 8.78 Å². The fourth-order valence-corrected chi connectivity index (χ4v) is 1.71. The van der Waals surface area contributed by atoms with E-state index in [1.165, 1.54) is 6.20 Å². The SMILES string of the molecule is N#Cc1cnc2ccccc2c1NCC(O)C(F)F. The molecule has 19 heavy (non-hydrogen) atoms. The molecule has 0 bridgehead atoms. The maximum absolute atomic E-state index is 12.3. The monoisotopic (exact) mass is 263 g/mol. The van der Waals surface area contributed by atoms with E-state index in [4.69, 9.17) is 10.4 Å². The maximum Gasteiger partial charge on any atom is 0.265 e. The molecular weight excluding hydrogens is 252 g/mol. The van der Waals surface area contributed by atoms with Crippen molar-refractivity contribution < 1.29 is 13.9 Å². The molecule has 1 atom stereocenters. The van der Waals surface area contributed by atoms with Crippen LogP contribution in [-0.2, 0) is 0 Å². The Balaban J connectivity index is 2.37. The molecule has 0 radical (unpaired) electrons. The summed E-state index contributed by atoms with van der Waals surface area (Å²) in [5.74, 6) is 0. The molecule has 0 aliphatic heterocycles. The van der Waals surface area contributed by atoms with Gasteiger partial charge in [0.1, 0.15) is 12.2 Å². The van der Waals surface area contributed by atoms with Crippen LogP contribution in [0.4, 0.5) is 14.5 Å². The number of aliphatic hydroxyl groups excluding tert-OH is 1. The van der Waals surface area contributed by atoms with Gasteiger partial charge in [-0.05, 0) is 6.07 Å². The van der Waals surface area contributed by atoms with E-state index >= 15 is 0 Å². The number of aromatic nitrogens is 1. The van der Waals surface area contributed by atoms with Gasteiger partial charge in [-0.15, -0.1) is 0 Å². The Hall–Kier alpha value is -2.26. The lowest BCUT2D eigenvalue weighted by Crippen LogP contribution is -2.27. The number of nitriles is 1. The number of para-hydroxylation sites is 1. The van der Waals surface area contributed by atoms with Gasteiger partial charge in [-0.3, -0.25) is 4.98 Å². The minimum absolute atomic E-state index is 0.250. The van der Waals surface area contributed by atoms with Crippen LogP contribution in [0.2, 0.25) is 0 Å². The summed E-state index contributed by atoms with van der Waals surface area (Å²) >= 11 is 0. The highest BCUT2D eigenvalue weighted by molar-refractivity contribution is 5.93. The number of pyridine rings is 1. The molecular formula is C13H11F2N3O. The molecule has 1 aromatic heterocycles. The minimum Gasteiger partial charge on any atom is -0.385 e. The zero-order chi connectivity index (χ0) is 13.8. The third kappa shape index (κ3) is 2.77. The number of nitrogens with one attached hydrogen (secondary N) is 1. The van der Waals surface area contributed by atoms with Gasteiger partial charge in [0.15, 0.2) is 0 Å². The molecule has 2 N–H and O–H groups in total. The van der Waals surface area contributed by atoms with E-state index < -0.39 is 12.5 Å². The van der Waals surface area contributed by atoms with Crippen LogP contribution in [0.1, 0.15) is 5.56 Å². The van der Waals surface area contributed by atoms with Crippen molar-refractivity contribution in [3.05, 3.63) is 36.0 Å². The van der Waals surface area contributed by atoms with Gasteiger partial charge in [-0.1, -0.05) is 18.2 Å². The standard InChI is InChI=1S/C13H11F2N3O/c14-13(15)11(19)7-18-12-8(5-16)6-17-10-4-2-1-3-9(10)12/h1-4,6,11,13,19H,7H2,(H,17,18). The van der Waals surface area contributed by atoms with Crippen LogP contribution in [0.5, 0.6) is 0 Å². The molecule has 6 heteroatoms. The van der Waals surface area contributed by atoms with Gasteiger partial charge < -0.3 is 10.4 Å². The molecule has 0 amide bonds. The summed E-state index contributed by atoms with van der Waals surface area (Å²) in [6.45, 7) is -0.333. The smallest absolute Gasteiger partial charge is 0.265 e. The van der Waals surface area contributed by atoms with E-state index in [0.29, 0.717) is 16.6 Å². The average Bonchev–Trinajstić information content (AvgIpc) is 2.43. The van der Waals surface area contributed by atoms with Crippen molar-refractivity contribution in [2.24, 2.45) is 0 Å². The Morgan fingerprint density at radius 2 is 2.11 bits per heavy atom. The number of aliphatic hydroxyl groups is 1. The van der Waals surface area contributed by atoms with E-state index in [1.54, 1.807) is 24.3 Å². The van der Waals surface area contributed by atoms with Crippen LogP contribution in [0.25, 0.3) is 10.9 Å². The van der Waals surface area contributed by atoms with Gasteiger partial charge in [0.05, 0.1) is 16.8 Å². The Labute approximate surface area is 108 Å². The number of alkyl halides is 2. The number of rotatable bonds is 4. The van der Waals surface area contributed by atoms with Gasteiger partial charge in [0, 0.05) is 18.1 Å². The molecule has 0 spiro atoms. The molecule has 98 valence electrons. The van der Waals surface area contributed by atoms with Gasteiger partial charge in [0.25, 0.3) is 6.43 Å². The second kappa shape index (κ2) is 5.59. The van der Waals surface area contributed by atoms with E-state index in [0.717, 1.165) is 0 Å². The van der Waals surface area contributed by atoms with Crippen molar-refractivity contribution in [1.29, 1.82) is 5.26 Å². The predicted molar refractivity (Wildman–Crippen MR) is 67.0 cm³/mol. The first-order valence-corrected chi connectivity index (χ1v) is 5.61. The molecule has 0 saturated carbocycles. The Kier molecular flexibility index (Phi) is 3.88. The largest absolute Gasteiger partial charge is 0.385 e. The van der Waals surface area contributed by atoms with Gasteiger partial charge in [-0.25, -0.2) is 8.78 Å². The van der Waals surface area contributed by atoms with E-state index in [-0.39, 0.29) is 12.1 Å². The van der Waals surface area contributed by atoms with Crippen molar-refractivity contribution in [2.75, 3.05) is 11.9 Å². The second-order valence-electron chi connectivity index (χ2n) is 3.96. The zero-order valence-corrected chi connectivity index (χ0v) is 9.85. The summed E-state index contributed by atoms with van der Waals surface area (Å²) in [5, 5.41) is 21.5. The number of halogens is 2. The summed E-state index contributed by atoms with van der Waals surface area (Å²) in [6, 6.07) is 8.99. The lowest BCUT2D eigenvalue weighted by Gasteiger charge is -2.14. The molecule has 0 aliphatic rings. The van der Waals surface area contributed by atoms with Crippen molar-refractivity contribution >= 4 is 16.6 Å². The third-order valence-corrected chi connectivity index (χ3v) is 2.67. The van der Waals surface area contributed by atoms with Crippen molar-refractivity contribution in [1.82, 2.24) is 4.98 Å². The molecule has 2 aromatic rings. The minimum atomic E-state index is -2.83. The van der Waals surface area contributed by atoms with Crippen molar-refractivity contribution in [3.63, 3.8) is 0 Å². The Morgan fingerprint density at radius 3 is 2.79 bits per heavy atom. The Bertz CT molecular complexity index is 625. The van der Waals surface area contributed by atoms with Crippen molar-refractivity contribution in [2.45, 2.75) is 12.5 Å². The second-order valence-corrected chi connectivity index (χ2v) is 3.96. The predicted octanol–water partition coefficient (Wildman–Crippen LogP) is 2.14. The molecule has 2 rings (SSSR count). The van der Waals surface area contributed by atoms with Crippen LogP contribution in [0.3, 0.4) is 0 Å². The number of hydrogen-bond acceptors (Lipinski definition) is 4. The first kappa shape index (κ1) is 13.2. The number of fused-ring (bicyclic) bond motifs is 1. The normalized spacial score (nSPS) is 12.4. The van der Waals surface area contributed by atoms with Gasteiger partial charge >= 0.3 is 0 Å². The van der Waals surface area contributed by atoms with Crippen LogP contribution >= 0.6 is 0 Å². The lowest BCUT2D eigenvalue weighted by molar-refractivity contribution is 0.00386. The lowest BCUT2D eigenvalue weighted by atomic mass is 10.1. The molecule has 1 unspecified atom stereocenters. The molecule has 1 aromatic carbocycles. The summed E-state index contributed by atoms with van der Waals surface area (Å²) in [7, 11) is 0. The van der Waals surface area contributed by atoms with Crippen LogP contribution in [0.15, 0.2) is 30.5 Å². The van der Waals surface area contributed by atoms with E-state index in [1.807, 2.05) is 6.07 Å². The van der Waals surface area contributed by atoms with Crippen molar-refractivity contribution in [3.8, 4) is 6.07 Å². The maximum atomic E-state index is 12.3. The first-order valence-electron chi connectivity index (χ1n) is 5.61. The van der Waals surface area contributed by atoms with Gasteiger partial charge in [0.2, 0.25) is 0 Å². The summed E-state index contributed by atoms with van der Waals surface area (Å²) in [4.78, 5) is 4.10. The topological polar surface area (TPSA) is 68.9 Å². The van der Waals surface area contributed by atoms with Crippen LogP contribution in [0, 0.1) is 11.3 Å². The van der Waals surface area contributed by atoms with Crippen LogP contribution < -0.4 is 5.32 Å². The highest BCUT2D eigenvalue weighted by Crippen LogP contribution is 2.25. The Morgan fingerprint density at radius 1 is 1.37 bits per heavy atom. The fraction of sp³-hybridized carbons (Fsp3) is 0.231. The number of hydrogen-bond donors (Lipinski definition) is 2. The number of benzene rings is 1. The van der Waals surface area contributed by atoms with Crippen LogP contribution in [-0.4, -0.2) is 29.2 Å². The highest BCUT2D eigenvalue weighted by atomic mass is 19.3. The molecule has 0 fully saturated rings. The first-order chi connectivity index (χ1) is 9.13. The average molecular weight is 263 g/mol. The summed E-state index contributed by atoms with van der Waals surface area (Å²) in [6.07, 6.45) is -3.23. The highest BCUT2D eigenvalue weighted by Gasteiger charge is 2.17. The quantitative estimate of drug-likeness (QED) is 0.886. The molecule has 0 saturated heterocycles. The number of nitrogens with zero attached hydrogens (tertiary/aromatic N) is 2. The molecule has 4 nitrogen and oxygen atoms in total.